The summed E-state index contributed by atoms with van der Waals surface area (Å²) >= 11 is 3.36. The Kier molecular flexibility index (Phi) is 8.91. The smallest absolute Gasteiger partial charge is 0.264 e. The van der Waals surface area contributed by atoms with Crippen LogP contribution >= 0.6 is 15.9 Å². The van der Waals surface area contributed by atoms with Gasteiger partial charge in [0.1, 0.15) is 12.3 Å². The van der Waals surface area contributed by atoms with Crippen molar-refractivity contribution in [1.29, 1.82) is 0 Å². The number of sulfonamides is 1. The molecule has 1 amide bonds. The second-order valence-electron chi connectivity index (χ2n) is 7.30. The number of halogens is 1. The van der Waals surface area contributed by atoms with Gasteiger partial charge in [0.25, 0.3) is 10.0 Å². The minimum absolute atomic E-state index is 0.133. The normalized spacial score (nSPS) is 11.1. The molecule has 0 radical (unpaired) electrons. The van der Waals surface area contributed by atoms with Gasteiger partial charge in [0.15, 0.2) is 0 Å². The molecular formula is C25H27BrN2O4S. The summed E-state index contributed by atoms with van der Waals surface area (Å²) in [5.41, 5.74) is 1.50. The van der Waals surface area contributed by atoms with E-state index < -0.39 is 10.0 Å². The van der Waals surface area contributed by atoms with Crippen molar-refractivity contribution in [1.82, 2.24) is 5.32 Å². The Morgan fingerprint density at radius 2 is 1.64 bits per heavy atom. The molecule has 0 unspecified atom stereocenters. The van der Waals surface area contributed by atoms with E-state index in [0.29, 0.717) is 25.3 Å². The molecule has 6 nitrogen and oxygen atoms in total. The molecule has 0 bridgehead atoms. The molecule has 1 N–H and O–H groups in total. The second-order valence-corrected chi connectivity index (χ2v) is 10.1. The van der Waals surface area contributed by atoms with Gasteiger partial charge >= 0.3 is 0 Å². The highest BCUT2D eigenvalue weighted by molar-refractivity contribution is 9.10. The molecule has 0 saturated carbocycles. The number of aryl methyl sites for hydroxylation is 1. The van der Waals surface area contributed by atoms with E-state index >= 15 is 0 Å². The second kappa shape index (κ2) is 11.9. The Balaban J connectivity index is 1.66. The molecule has 3 rings (SSSR count). The van der Waals surface area contributed by atoms with Crippen molar-refractivity contribution in [2.45, 2.75) is 24.7 Å². The van der Waals surface area contributed by atoms with Crippen molar-refractivity contribution < 1.29 is 17.9 Å². The number of carbonyl (C=O) groups is 1. The predicted octanol–water partition coefficient (Wildman–Crippen LogP) is 4.79. The number of hydrogen-bond donors (Lipinski definition) is 1. The van der Waals surface area contributed by atoms with E-state index in [2.05, 4.69) is 21.2 Å². The molecule has 0 aromatic heterocycles. The van der Waals surface area contributed by atoms with Crippen LogP contribution in [-0.2, 0) is 21.2 Å². The number of nitrogens with zero attached hydrogens (tertiary/aromatic N) is 1. The van der Waals surface area contributed by atoms with Crippen molar-refractivity contribution in [2.75, 3.05) is 24.0 Å². The van der Waals surface area contributed by atoms with Gasteiger partial charge in [-0.1, -0.05) is 52.3 Å². The van der Waals surface area contributed by atoms with E-state index in [4.69, 9.17) is 4.74 Å². The van der Waals surface area contributed by atoms with Crippen LogP contribution in [0.4, 0.5) is 5.69 Å². The van der Waals surface area contributed by atoms with Crippen molar-refractivity contribution in [2.24, 2.45) is 0 Å². The van der Waals surface area contributed by atoms with Crippen molar-refractivity contribution in [3.8, 4) is 5.75 Å². The van der Waals surface area contributed by atoms with E-state index in [-0.39, 0.29) is 17.3 Å². The summed E-state index contributed by atoms with van der Waals surface area (Å²) in [7, 11) is -3.91. The Morgan fingerprint density at radius 3 is 2.33 bits per heavy atom. The number of ether oxygens (including phenoxy) is 1. The highest BCUT2D eigenvalue weighted by atomic mass is 79.9. The van der Waals surface area contributed by atoms with Crippen LogP contribution in [0.25, 0.3) is 0 Å². The van der Waals surface area contributed by atoms with E-state index in [1.165, 1.54) is 12.1 Å². The van der Waals surface area contributed by atoms with Crippen LogP contribution in [0.1, 0.15) is 18.9 Å². The molecule has 0 aliphatic heterocycles. The Labute approximate surface area is 203 Å². The standard InChI is InChI=1S/C25H27BrN2O4S/c1-2-32-24-13-7-6-9-20(24)10-8-18-27-25(29)19-28(22-16-14-21(26)15-17-22)33(30,31)23-11-4-3-5-12-23/h3-7,9,11-17H,2,8,10,18-19H2,1H3,(H,27,29). The maximum absolute atomic E-state index is 13.3. The largest absolute Gasteiger partial charge is 0.494 e. The van der Waals surface area contributed by atoms with E-state index in [0.717, 1.165) is 26.5 Å². The maximum Gasteiger partial charge on any atom is 0.264 e. The monoisotopic (exact) mass is 530 g/mol. The quantitative estimate of drug-likeness (QED) is 0.361. The number of benzene rings is 3. The molecule has 0 atom stereocenters. The summed E-state index contributed by atoms with van der Waals surface area (Å²) in [6.07, 6.45) is 1.45. The SMILES string of the molecule is CCOc1ccccc1CCCNC(=O)CN(c1ccc(Br)cc1)S(=O)(=O)c1ccccc1. The van der Waals surface area contributed by atoms with Crippen LogP contribution in [0.5, 0.6) is 5.75 Å². The van der Waals surface area contributed by atoms with Crippen LogP contribution in [0, 0.1) is 0 Å². The Hall–Kier alpha value is -2.84. The zero-order valence-electron chi connectivity index (χ0n) is 18.4. The Bertz CT molecular complexity index is 1150. The number of anilines is 1. The third-order valence-corrected chi connectivity index (χ3v) is 7.27. The summed E-state index contributed by atoms with van der Waals surface area (Å²) in [5, 5.41) is 2.84. The first-order valence-electron chi connectivity index (χ1n) is 10.7. The molecule has 0 heterocycles. The fourth-order valence-electron chi connectivity index (χ4n) is 3.34. The molecule has 3 aromatic rings. The fourth-order valence-corrected chi connectivity index (χ4v) is 5.05. The maximum atomic E-state index is 13.3. The van der Waals surface area contributed by atoms with Crippen molar-refractivity contribution in [3.05, 3.63) is 88.9 Å². The average molecular weight is 531 g/mol. The zero-order chi connectivity index (χ0) is 23.7. The molecule has 0 spiro atoms. The molecule has 0 aliphatic carbocycles. The molecular weight excluding hydrogens is 504 g/mol. The summed E-state index contributed by atoms with van der Waals surface area (Å²) in [6.45, 7) is 2.65. The number of nitrogens with one attached hydrogen (secondary N) is 1. The topological polar surface area (TPSA) is 75.7 Å². The first kappa shape index (κ1) is 24.8. The number of hydrogen-bond acceptors (Lipinski definition) is 4. The van der Waals surface area contributed by atoms with Gasteiger partial charge in [-0.05, 0) is 67.8 Å². The molecule has 8 heteroatoms. The van der Waals surface area contributed by atoms with Crippen LogP contribution in [-0.4, -0.2) is 34.0 Å². The molecule has 33 heavy (non-hydrogen) atoms. The summed E-state index contributed by atoms with van der Waals surface area (Å²) < 4.78 is 34.2. The van der Waals surface area contributed by atoms with Crippen LogP contribution < -0.4 is 14.4 Å². The van der Waals surface area contributed by atoms with Gasteiger partial charge in [-0.2, -0.15) is 0 Å². The first-order chi connectivity index (χ1) is 15.9. The van der Waals surface area contributed by atoms with E-state index in [1.807, 2.05) is 31.2 Å². The Morgan fingerprint density at radius 1 is 0.970 bits per heavy atom. The number of amides is 1. The van der Waals surface area contributed by atoms with Gasteiger partial charge in [-0.25, -0.2) is 8.42 Å². The lowest BCUT2D eigenvalue weighted by molar-refractivity contribution is -0.119. The summed E-state index contributed by atoms with van der Waals surface area (Å²) in [6, 6.07) is 22.8. The highest BCUT2D eigenvalue weighted by Gasteiger charge is 2.27. The fraction of sp³-hybridized carbons (Fsp3) is 0.240. The van der Waals surface area contributed by atoms with Crippen LogP contribution in [0.3, 0.4) is 0 Å². The molecule has 0 fully saturated rings. The van der Waals surface area contributed by atoms with E-state index in [1.54, 1.807) is 42.5 Å². The van der Waals surface area contributed by atoms with Gasteiger partial charge in [0.05, 0.1) is 17.2 Å². The number of para-hydroxylation sites is 1. The minimum atomic E-state index is -3.91. The van der Waals surface area contributed by atoms with Crippen LogP contribution in [0.15, 0.2) is 88.2 Å². The number of carbonyl (C=O) groups excluding carboxylic acids is 1. The predicted molar refractivity (Wildman–Crippen MR) is 134 cm³/mol. The van der Waals surface area contributed by atoms with Crippen molar-refractivity contribution in [3.63, 3.8) is 0 Å². The lowest BCUT2D eigenvalue weighted by atomic mass is 10.1. The molecule has 174 valence electrons. The summed E-state index contributed by atoms with van der Waals surface area (Å²) in [4.78, 5) is 12.8. The van der Waals surface area contributed by atoms with Crippen molar-refractivity contribution >= 4 is 37.5 Å². The highest BCUT2D eigenvalue weighted by Crippen LogP contribution is 2.25. The van der Waals surface area contributed by atoms with E-state index in [9.17, 15) is 13.2 Å². The molecule has 0 saturated heterocycles. The average Bonchev–Trinajstić information content (AvgIpc) is 2.82. The van der Waals surface area contributed by atoms with Gasteiger partial charge in [-0.3, -0.25) is 9.10 Å². The first-order valence-corrected chi connectivity index (χ1v) is 13.0. The van der Waals surface area contributed by atoms with Gasteiger partial charge < -0.3 is 10.1 Å². The third-order valence-electron chi connectivity index (χ3n) is 4.95. The van der Waals surface area contributed by atoms with Gasteiger partial charge in [0.2, 0.25) is 5.91 Å². The lowest BCUT2D eigenvalue weighted by Gasteiger charge is -2.24. The number of rotatable bonds is 11. The minimum Gasteiger partial charge on any atom is -0.494 e. The lowest BCUT2D eigenvalue weighted by Crippen LogP contribution is -2.41. The molecule has 3 aromatic carbocycles. The molecule has 0 aliphatic rings. The third kappa shape index (κ3) is 6.82. The van der Waals surface area contributed by atoms with Gasteiger partial charge in [0, 0.05) is 11.0 Å². The summed E-state index contributed by atoms with van der Waals surface area (Å²) in [5.74, 6) is 0.484. The zero-order valence-corrected chi connectivity index (χ0v) is 20.8. The van der Waals surface area contributed by atoms with Crippen LogP contribution in [0.2, 0.25) is 0 Å². The van der Waals surface area contributed by atoms with Gasteiger partial charge in [-0.15, -0.1) is 0 Å².